The van der Waals surface area contributed by atoms with E-state index in [0.717, 1.165) is 17.8 Å². The minimum absolute atomic E-state index is 0.0656. The molecule has 0 radical (unpaired) electrons. The smallest absolute Gasteiger partial charge is 0.254 e. The van der Waals surface area contributed by atoms with E-state index in [4.69, 9.17) is 0 Å². The van der Waals surface area contributed by atoms with Gasteiger partial charge >= 0.3 is 0 Å². The van der Waals surface area contributed by atoms with Gasteiger partial charge in [-0.05, 0) is 55.3 Å². The Morgan fingerprint density at radius 3 is 2.56 bits per heavy atom. The Morgan fingerprint density at radius 2 is 1.85 bits per heavy atom. The van der Waals surface area contributed by atoms with E-state index in [-0.39, 0.29) is 11.9 Å². The van der Waals surface area contributed by atoms with E-state index >= 15 is 0 Å². The fourth-order valence-corrected chi connectivity index (χ4v) is 3.70. The van der Waals surface area contributed by atoms with E-state index in [1.807, 2.05) is 65.3 Å². The lowest BCUT2D eigenvalue weighted by Gasteiger charge is -2.28. The maximum Gasteiger partial charge on any atom is 0.254 e. The predicted octanol–water partition coefficient (Wildman–Crippen LogP) is 3.66. The van der Waals surface area contributed by atoms with Gasteiger partial charge < -0.3 is 9.80 Å². The molecular weight excluding hydrogens is 336 g/mol. The molecule has 0 bridgehead atoms. The van der Waals surface area contributed by atoms with Crippen molar-refractivity contribution >= 4 is 11.6 Å². The van der Waals surface area contributed by atoms with Gasteiger partial charge in [0.2, 0.25) is 0 Å². The summed E-state index contributed by atoms with van der Waals surface area (Å²) in [5.41, 5.74) is 5.15. The average molecular weight is 360 g/mol. The lowest BCUT2D eigenvalue weighted by Crippen LogP contribution is -2.41. The number of carbonyl (C=O) groups excluding carboxylic acids is 1. The number of fused-ring (bicyclic) bond motifs is 1. The molecule has 0 aliphatic carbocycles. The molecule has 27 heavy (non-hydrogen) atoms. The molecule has 5 nitrogen and oxygen atoms in total. The van der Waals surface area contributed by atoms with Crippen molar-refractivity contribution in [3.8, 4) is 5.69 Å². The number of carbonyl (C=O) groups is 1. The van der Waals surface area contributed by atoms with Gasteiger partial charge in [-0.15, -0.1) is 0 Å². The number of aromatic nitrogens is 2. The molecule has 1 aliphatic rings. The molecule has 138 valence electrons. The summed E-state index contributed by atoms with van der Waals surface area (Å²) in [6, 6.07) is 16.1. The fraction of sp³-hybridized carbons (Fsp3) is 0.273. The Bertz CT molecular complexity index is 960. The Balaban J connectivity index is 1.60. The summed E-state index contributed by atoms with van der Waals surface area (Å²) in [6.45, 7) is 5.56. The van der Waals surface area contributed by atoms with Crippen LogP contribution in [0.4, 0.5) is 5.69 Å². The molecule has 0 N–H and O–H groups in total. The van der Waals surface area contributed by atoms with Gasteiger partial charge in [-0.3, -0.25) is 4.79 Å². The summed E-state index contributed by atoms with van der Waals surface area (Å²) >= 11 is 0. The lowest BCUT2D eigenvalue weighted by atomic mass is 10.1. The molecule has 1 amide bonds. The molecule has 0 fully saturated rings. The molecule has 2 aromatic carbocycles. The van der Waals surface area contributed by atoms with Crippen molar-refractivity contribution in [3.63, 3.8) is 0 Å². The average Bonchev–Trinajstić information content (AvgIpc) is 3.07. The van der Waals surface area contributed by atoms with E-state index in [2.05, 4.69) is 36.1 Å². The highest BCUT2D eigenvalue weighted by atomic mass is 16.2. The molecule has 0 spiro atoms. The first-order valence-corrected chi connectivity index (χ1v) is 9.24. The van der Waals surface area contributed by atoms with E-state index in [0.29, 0.717) is 12.1 Å². The van der Waals surface area contributed by atoms with E-state index in [9.17, 15) is 4.79 Å². The van der Waals surface area contributed by atoms with Gasteiger partial charge in [0.05, 0.1) is 11.9 Å². The van der Waals surface area contributed by atoms with Crippen molar-refractivity contribution in [2.24, 2.45) is 0 Å². The van der Waals surface area contributed by atoms with Crippen molar-refractivity contribution in [1.82, 2.24) is 14.7 Å². The summed E-state index contributed by atoms with van der Waals surface area (Å²) in [6.07, 6.45) is 3.80. The molecule has 1 atom stereocenters. The molecular formula is C22H24N4O. The van der Waals surface area contributed by atoms with Gasteiger partial charge in [-0.25, -0.2) is 4.68 Å². The predicted molar refractivity (Wildman–Crippen MR) is 107 cm³/mol. The number of para-hydroxylation sites is 1. The number of nitrogens with zero attached hydrogens (tertiary/aromatic N) is 4. The van der Waals surface area contributed by atoms with E-state index < -0.39 is 0 Å². The molecule has 4 rings (SSSR count). The van der Waals surface area contributed by atoms with Crippen LogP contribution in [-0.4, -0.2) is 40.2 Å². The Morgan fingerprint density at radius 1 is 1.11 bits per heavy atom. The minimum Gasteiger partial charge on any atom is -0.372 e. The van der Waals surface area contributed by atoms with Crippen LogP contribution in [0.3, 0.4) is 0 Å². The molecule has 2 heterocycles. The third-order valence-electron chi connectivity index (χ3n) is 5.17. The Hall–Kier alpha value is -3.08. The van der Waals surface area contributed by atoms with E-state index in [1.54, 1.807) is 0 Å². The number of anilines is 1. The number of hydrogen-bond acceptors (Lipinski definition) is 3. The van der Waals surface area contributed by atoms with Crippen LogP contribution in [0.2, 0.25) is 0 Å². The van der Waals surface area contributed by atoms with Crippen LogP contribution in [0.25, 0.3) is 5.69 Å². The fourth-order valence-electron chi connectivity index (χ4n) is 3.70. The van der Waals surface area contributed by atoms with Gasteiger partial charge in [-0.1, -0.05) is 18.2 Å². The number of likely N-dealkylation sites (N-methyl/N-ethyl adjacent to an activating group) is 1. The summed E-state index contributed by atoms with van der Waals surface area (Å²) in [5.74, 6) is 0.0656. The van der Waals surface area contributed by atoms with Crippen molar-refractivity contribution in [1.29, 1.82) is 0 Å². The SMILES string of the molecule is Cc1cnn(-c2ccc(C(=O)N3Cc4ccccc4N(C)C[C@H]3C)cc2)c1. The second-order valence-electron chi connectivity index (χ2n) is 7.30. The van der Waals surface area contributed by atoms with Crippen LogP contribution >= 0.6 is 0 Å². The van der Waals surface area contributed by atoms with Crippen LogP contribution in [0, 0.1) is 6.92 Å². The summed E-state index contributed by atoms with van der Waals surface area (Å²) in [4.78, 5) is 17.4. The van der Waals surface area contributed by atoms with Crippen molar-refractivity contribution in [2.75, 3.05) is 18.5 Å². The van der Waals surface area contributed by atoms with Crippen LogP contribution < -0.4 is 4.90 Å². The highest BCUT2D eigenvalue weighted by molar-refractivity contribution is 5.94. The standard InChI is InChI=1S/C22H24N4O/c1-16-12-23-26(13-16)20-10-8-18(9-11-20)22(27)25-15-19-6-4-5-7-21(19)24(3)14-17(25)2/h4-13,17H,14-15H2,1-3H3/t17-/m1/s1. The molecule has 0 unspecified atom stereocenters. The molecule has 0 saturated carbocycles. The largest absolute Gasteiger partial charge is 0.372 e. The highest BCUT2D eigenvalue weighted by Crippen LogP contribution is 2.27. The summed E-state index contributed by atoms with van der Waals surface area (Å²) < 4.78 is 1.82. The zero-order valence-electron chi connectivity index (χ0n) is 16.0. The second kappa shape index (κ2) is 6.91. The first-order chi connectivity index (χ1) is 13.0. The summed E-state index contributed by atoms with van der Waals surface area (Å²) in [7, 11) is 2.09. The number of rotatable bonds is 2. The first kappa shape index (κ1) is 17.3. The van der Waals surface area contributed by atoms with Crippen molar-refractivity contribution in [3.05, 3.63) is 77.6 Å². The Labute approximate surface area is 159 Å². The number of benzene rings is 2. The topological polar surface area (TPSA) is 41.4 Å². The highest BCUT2D eigenvalue weighted by Gasteiger charge is 2.27. The number of aryl methyl sites for hydroxylation is 1. The zero-order valence-corrected chi connectivity index (χ0v) is 16.0. The molecule has 1 aliphatic heterocycles. The molecule has 0 saturated heterocycles. The van der Waals surface area contributed by atoms with Crippen LogP contribution in [-0.2, 0) is 6.54 Å². The van der Waals surface area contributed by atoms with Crippen molar-refractivity contribution < 1.29 is 4.79 Å². The van der Waals surface area contributed by atoms with Crippen LogP contribution in [0.15, 0.2) is 60.9 Å². The van der Waals surface area contributed by atoms with Gasteiger partial charge in [0, 0.05) is 43.6 Å². The van der Waals surface area contributed by atoms with Gasteiger partial charge in [0.1, 0.15) is 0 Å². The van der Waals surface area contributed by atoms with Crippen molar-refractivity contribution in [2.45, 2.75) is 26.4 Å². The van der Waals surface area contributed by atoms with Gasteiger partial charge in [-0.2, -0.15) is 5.10 Å². The van der Waals surface area contributed by atoms with Crippen LogP contribution in [0.1, 0.15) is 28.4 Å². The maximum atomic E-state index is 13.2. The summed E-state index contributed by atoms with van der Waals surface area (Å²) in [5, 5.41) is 4.32. The minimum atomic E-state index is 0.0656. The molecule has 1 aromatic heterocycles. The zero-order chi connectivity index (χ0) is 19.0. The second-order valence-corrected chi connectivity index (χ2v) is 7.30. The van der Waals surface area contributed by atoms with Gasteiger partial charge in [0.25, 0.3) is 5.91 Å². The number of hydrogen-bond donors (Lipinski definition) is 0. The van der Waals surface area contributed by atoms with Gasteiger partial charge in [0.15, 0.2) is 0 Å². The quantitative estimate of drug-likeness (QED) is 0.700. The first-order valence-electron chi connectivity index (χ1n) is 9.24. The number of amides is 1. The maximum absolute atomic E-state index is 13.2. The molecule has 3 aromatic rings. The lowest BCUT2D eigenvalue weighted by molar-refractivity contribution is 0.0687. The third-order valence-corrected chi connectivity index (χ3v) is 5.17. The normalized spacial score (nSPS) is 16.8. The monoisotopic (exact) mass is 360 g/mol. The molecule has 5 heteroatoms. The Kier molecular flexibility index (Phi) is 4.44. The van der Waals surface area contributed by atoms with E-state index in [1.165, 1.54) is 11.3 Å². The third kappa shape index (κ3) is 3.33. The van der Waals surface area contributed by atoms with Crippen LogP contribution in [0.5, 0.6) is 0 Å².